The number of hydrogen-bond acceptors (Lipinski definition) is 6. The van der Waals surface area contributed by atoms with E-state index in [-0.39, 0.29) is 11.5 Å². The molecule has 0 aromatic heterocycles. The lowest BCUT2D eigenvalue weighted by Gasteiger charge is -2.18. The SMILES string of the molecule is CC(OC(=O)c1ccc2c(c1)NC(=O)CS2)C(=O)Nc1ccc(OCc2ccccc2)cc1. The second-order valence-electron chi connectivity index (χ2n) is 7.38. The van der Waals surface area contributed by atoms with Gasteiger partial charge in [0.15, 0.2) is 6.10 Å². The number of fused-ring (bicyclic) bond motifs is 1. The minimum atomic E-state index is -1.01. The average molecular weight is 463 g/mol. The Morgan fingerprint density at radius 1 is 1.06 bits per heavy atom. The zero-order chi connectivity index (χ0) is 23.2. The number of carbonyl (C=O) groups excluding carboxylic acids is 3. The van der Waals surface area contributed by atoms with E-state index in [1.54, 1.807) is 42.5 Å². The highest BCUT2D eigenvalue weighted by Gasteiger charge is 2.22. The van der Waals surface area contributed by atoms with Crippen LogP contribution in [0.4, 0.5) is 11.4 Å². The van der Waals surface area contributed by atoms with Gasteiger partial charge < -0.3 is 20.1 Å². The van der Waals surface area contributed by atoms with Crippen molar-refractivity contribution in [2.45, 2.75) is 24.5 Å². The van der Waals surface area contributed by atoms with E-state index in [0.717, 1.165) is 10.5 Å². The Hall–Kier alpha value is -3.78. The maximum Gasteiger partial charge on any atom is 0.338 e. The second-order valence-corrected chi connectivity index (χ2v) is 8.40. The Kier molecular flexibility index (Phi) is 6.95. The predicted octanol–water partition coefficient (Wildman–Crippen LogP) is 4.49. The van der Waals surface area contributed by atoms with Crippen LogP contribution in [0.3, 0.4) is 0 Å². The first-order chi connectivity index (χ1) is 16.0. The Bertz CT molecular complexity index is 1170. The summed E-state index contributed by atoms with van der Waals surface area (Å²) in [6, 6.07) is 21.7. The van der Waals surface area contributed by atoms with Gasteiger partial charge in [-0.25, -0.2) is 4.79 Å². The molecule has 2 amide bonds. The number of carbonyl (C=O) groups is 3. The third-order valence-electron chi connectivity index (χ3n) is 4.87. The third-order valence-corrected chi connectivity index (χ3v) is 5.94. The van der Waals surface area contributed by atoms with Gasteiger partial charge in [0, 0.05) is 10.6 Å². The first kappa shape index (κ1) is 22.4. The molecule has 4 rings (SSSR count). The molecular formula is C25H22N2O5S. The number of rotatable bonds is 7. The Labute approximate surface area is 195 Å². The van der Waals surface area contributed by atoms with Crippen LogP contribution in [-0.4, -0.2) is 29.6 Å². The number of benzene rings is 3. The number of ether oxygens (including phenoxy) is 2. The molecule has 33 heavy (non-hydrogen) atoms. The minimum absolute atomic E-state index is 0.123. The zero-order valence-electron chi connectivity index (χ0n) is 17.9. The highest BCUT2D eigenvalue weighted by atomic mass is 32.2. The number of hydrogen-bond donors (Lipinski definition) is 2. The summed E-state index contributed by atoms with van der Waals surface area (Å²) >= 11 is 1.40. The molecule has 1 unspecified atom stereocenters. The van der Waals surface area contributed by atoms with E-state index < -0.39 is 18.0 Å². The lowest BCUT2D eigenvalue weighted by Crippen LogP contribution is -2.30. The van der Waals surface area contributed by atoms with Gasteiger partial charge in [-0.2, -0.15) is 0 Å². The van der Waals surface area contributed by atoms with Crippen molar-refractivity contribution in [2.75, 3.05) is 16.4 Å². The van der Waals surface area contributed by atoms with Crippen LogP contribution in [0.5, 0.6) is 5.75 Å². The van der Waals surface area contributed by atoms with E-state index in [1.165, 1.54) is 18.7 Å². The minimum Gasteiger partial charge on any atom is -0.489 e. The molecular weight excluding hydrogens is 440 g/mol. The average Bonchev–Trinajstić information content (AvgIpc) is 2.83. The standard InChI is InChI=1S/C25H22N2O5S/c1-16(32-25(30)18-7-12-22-21(13-18)27-23(28)15-33-22)24(29)26-19-8-10-20(11-9-19)31-14-17-5-3-2-4-6-17/h2-13,16H,14-15H2,1H3,(H,26,29)(H,27,28). The molecule has 0 saturated carbocycles. The summed E-state index contributed by atoms with van der Waals surface area (Å²) in [5, 5.41) is 5.45. The van der Waals surface area contributed by atoms with Gasteiger partial charge in [0.25, 0.3) is 5.91 Å². The van der Waals surface area contributed by atoms with Crippen molar-refractivity contribution in [1.29, 1.82) is 0 Å². The number of anilines is 2. The molecule has 168 valence electrons. The molecule has 1 aliphatic heterocycles. The number of nitrogens with one attached hydrogen (secondary N) is 2. The van der Waals surface area contributed by atoms with Crippen LogP contribution in [0.2, 0.25) is 0 Å². The van der Waals surface area contributed by atoms with Crippen LogP contribution in [0.15, 0.2) is 77.7 Å². The lowest BCUT2D eigenvalue weighted by atomic mass is 10.2. The molecule has 2 N–H and O–H groups in total. The van der Waals surface area contributed by atoms with Crippen molar-refractivity contribution in [3.05, 3.63) is 83.9 Å². The second kappa shape index (κ2) is 10.2. The molecule has 0 aliphatic carbocycles. The quantitative estimate of drug-likeness (QED) is 0.503. The third kappa shape index (κ3) is 5.93. The molecule has 0 bridgehead atoms. The highest BCUT2D eigenvalue weighted by Crippen LogP contribution is 2.32. The van der Waals surface area contributed by atoms with Gasteiger partial charge in [0.05, 0.1) is 17.0 Å². The summed E-state index contributed by atoms with van der Waals surface area (Å²) in [5.74, 6) is -0.206. The van der Waals surface area contributed by atoms with Gasteiger partial charge in [0.1, 0.15) is 12.4 Å². The largest absolute Gasteiger partial charge is 0.489 e. The van der Waals surface area contributed by atoms with E-state index >= 15 is 0 Å². The van der Waals surface area contributed by atoms with Crippen molar-refractivity contribution >= 4 is 40.9 Å². The molecule has 1 heterocycles. The molecule has 1 atom stereocenters. The predicted molar refractivity (Wildman–Crippen MR) is 127 cm³/mol. The fourth-order valence-corrected chi connectivity index (χ4v) is 3.90. The number of esters is 1. The summed E-state index contributed by atoms with van der Waals surface area (Å²) in [6.07, 6.45) is -1.01. The van der Waals surface area contributed by atoms with Gasteiger partial charge in [-0.1, -0.05) is 30.3 Å². The van der Waals surface area contributed by atoms with Crippen molar-refractivity contribution in [3.63, 3.8) is 0 Å². The molecule has 0 spiro atoms. The molecule has 0 fully saturated rings. The first-order valence-electron chi connectivity index (χ1n) is 10.3. The number of amides is 2. The van der Waals surface area contributed by atoms with Crippen LogP contribution < -0.4 is 15.4 Å². The van der Waals surface area contributed by atoms with Crippen LogP contribution in [0.1, 0.15) is 22.8 Å². The van der Waals surface area contributed by atoms with Crippen LogP contribution in [0.25, 0.3) is 0 Å². The maximum absolute atomic E-state index is 12.5. The van der Waals surface area contributed by atoms with E-state index in [0.29, 0.717) is 29.5 Å². The highest BCUT2D eigenvalue weighted by molar-refractivity contribution is 8.00. The summed E-state index contributed by atoms with van der Waals surface area (Å²) < 4.78 is 11.0. The monoisotopic (exact) mass is 462 g/mol. The Balaban J connectivity index is 1.30. The zero-order valence-corrected chi connectivity index (χ0v) is 18.7. The lowest BCUT2D eigenvalue weighted by molar-refractivity contribution is -0.123. The van der Waals surface area contributed by atoms with Crippen LogP contribution in [-0.2, 0) is 20.9 Å². The maximum atomic E-state index is 12.5. The molecule has 8 heteroatoms. The Morgan fingerprint density at radius 2 is 1.82 bits per heavy atom. The summed E-state index contributed by atoms with van der Waals surface area (Å²) in [6.45, 7) is 1.95. The van der Waals surface area contributed by atoms with E-state index in [2.05, 4.69) is 10.6 Å². The van der Waals surface area contributed by atoms with Gasteiger partial charge >= 0.3 is 5.97 Å². The van der Waals surface area contributed by atoms with Crippen LogP contribution in [0, 0.1) is 0 Å². The molecule has 3 aromatic rings. The van der Waals surface area contributed by atoms with Gasteiger partial charge in [-0.05, 0) is 55.0 Å². The fraction of sp³-hybridized carbons (Fsp3) is 0.160. The van der Waals surface area contributed by atoms with Crippen molar-refractivity contribution in [3.8, 4) is 5.75 Å². The summed E-state index contributed by atoms with van der Waals surface area (Å²) in [5.41, 5.74) is 2.45. The normalized spacial score (nSPS) is 13.3. The van der Waals surface area contributed by atoms with Gasteiger partial charge in [-0.15, -0.1) is 11.8 Å². The van der Waals surface area contributed by atoms with E-state index in [1.807, 2.05) is 30.3 Å². The van der Waals surface area contributed by atoms with E-state index in [9.17, 15) is 14.4 Å². The first-order valence-corrected chi connectivity index (χ1v) is 11.3. The summed E-state index contributed by atoms with van der Waals surface area (Å²) in [4.78, 5) is 37.4. The summed E-state index contributed by atoms with van der Waals surface area (Å²) in [7, 11) is 0. The Morgan fingerprint density at radius 3 is 2.58 bits per heavy atom. The van der Waals surface area contributed by atoms with Gasteiger partial charge in [-0.3, -0.25) is 9.59 Å². The topological polar surface area (TPSA) is 93.7 Å². The molecule has 7 nitrogen and oxygen atoms in total. The smallest absolute Gasteiger partial charge is 0.338 e. The molecule has 3 aromatic carbocycles. The molecule has 0 radical (unpaired) electrons. The van der Waals surface area contributed by atoms with Crippen molar-refractivity contribution in [1.82, 2.24) is 0 Å². The van der Waals surface area contributed by atoms with Gasteiger partial charge in [0.2, 0.25) is 5.91 Å². The van der Waals surface area contributed by atoms with Crippen molar-refractivity contribution < 1.29 is 23.9 Å². The fourth-order valence-electron chi connectivity index (χ4n) is 3.11. The molecule has 0 saturated heterocycles. The van der Waals surface area contributed by atoms with Crippen LogP contribution >= 0.6 is 11.8 Å². The number of thioether (sulfide) groups is 1. The molecule has 1 aliphatic rings. The van der Waals surface area contributed by atoms with E-state index in [4.69, 9.17) is 9.47 Å². The van der Waals surface area contributed by atoms with Crippen molar-refractivity contribution in [2.24, 2.45) is 0 Å².